The van der Waals surface area contributed by atoms with Crippen molar-refractivity contribution in [2.24, 2.45) is 0 Å². The van der Waals surface area contributed by atoms with E-state index in [-0.39, 0.29) is 17.6 Å². The predicted molar refractivity (Wildman–Crippen MR) is 123 cm³/mol. The number of carbonyl (C=O) groups is 1. The number of fused-ring (bicyclic) bond motifs is 4. The summed E-state index contributed by atoms with van der Waals surface area (Å²) in [4.78, 5) is 13.1. The van der Waals surface area contributed by atoms with Crippen LogP contribution in [0.3, 0.4) is 0 Å². The number of nitrogens with one attached hydrogen (secondary N) is 1. The first-order valence-electron chi connectivity index (χ1n) is 10.3. The predicted octanol–water partition coefficient (Wildman–Crippen LogP) is 6.38. The summed E-state index contributed by atoms with van der Waals surface area (Å²) in [5.41, 5.74) is 5.05. The van der Waals surface area contributed by atoms with E-state index < -0.39 is 0 Å². The Morgan fingerprint density at radius 1 is 1.17 bits per heavy atom. The maximum Gasteiger partial charge on any atom is 0.172 e. The molecule has 5 rings (SSSR count). The molecule has 3 aromatic rings. The van der Waals surface area contributed by atoms with E-state index in [2.05, 4.69) is 45.5 Å². The molecule has 2 aliphatic rings. The van der Waals surface area contributed by atoms with Gasteiger partial charge in [-0.3, -0.25) is 4.79 Å². The highest BCUT2D eigenvalue weighted by Crippen LogP contribution is 2.49. The highest BCUT2D eigenvalue weighted by atomic mass is 79.9. The molecule has 5 heteroatoms. The van der Waals surface area contributed by atoms with E-state index in [4.69, 9.17) is 4.74 Å². The number of hydrogen-bond donors (Lipinski definition) is 2. The van der Waals surface area contributed by atoms with Gasteiger partial charge in [0, 0.05) is 22.9 Å². The van der Waals surface area contributed by atoms with E-state index in [0.29, 0.717) is 23.2 Å². The number of benzene rings is 3. The summed E-state index contributed by atoms with van der Waals surface area (Å²) in [7, 11) is 0. The summed E-state index contributed by atoms with van der Waals surface area (Å²) in [5.74, 6) is 0.680. The Labute approximate surface area is 183 Å². The fourth-order valence-electron chi connectivity index (χ4n) is 4.65. The van der Waals surface area contributed by atoms with Crippen molar-refractivity contribution in [3.63, 3.8) is 0 Å². The van der Waals surface area contributed by atoms with Gasteiger partial charge in [0.2, 0.25) is 0 Å². The first-order valence-corrected chi connectivity index (χ1v) is 11.1. The number of hydrogen-bond acceptors (Lipinski definition) is 4. The van der Waals surface area contributed by atoms with E-state index in [1.807, 2.05) is 31.2 Å². The van der Waals surface area contributed by atoms with Crippen LogP contribution in [0.15, 0.2) is 58.6 Å². The van der Waals surface area contributed by atoms with E-state index in [1.165, 1.54) is 0 Å². The molecule has 0 saturated heterocycles. The van der Waals surface area contributed by atoms with Crippen molar-refractivity contribution in [3.8, 4) is 11.5 Å². The molecule has 0 saturated carbocycles. The average Bonchev–Trinajstić information content (AvgIpc) is 2.76. The number of allylic oxidation sites excluding steroid dienone is 1. The third-order valence-electron chi connectivity index (χ3n) is 5.97. The quantitative estimate of drug-likeness (QED) is 0.472. The van der Waals surface area contributed by atoms with Crippen LogP contribution in [0.2, 0.25) is 0 Å². The van der Waals surface area contributed by atoms with Crippen molar-refractivity contribution in [1.29, 1.82) is 0 Å². The molecule has 0 fully saturated rings. The molecule has 0 bridgehead atoms. The summed E-state index contributed by atoms with van der Waals surface area (Å²) in [6, 6.07) is 16.0. The fourth-order valence-corrected chi connectivity index (χ4v) is 5.11. The molecule has 0 spiro atoms. The minimum absolute atomic E-state index is 0.0754. The smallest absolute Gasteiger partial charge is 0.172 e. The van der Waals surface area contributed by atoms with Crippen LogP contribution in [0.1, 0.15) is 43.4 Å². The van der Waals surface area contributed by atoms with Gasteiger partial charge in [0.05, 0.1) is 22.8 Å². The van der Waals surface area contributed by atoms with Crippen LogP contribution in [-0.4, -0.2) is 17.5 Å². The Kier molecular flexibility index (Phi) is 4.78. The number of Topliss-reactive ketones (excluding diaryl/α,β-unsaturated/α-hetero) is 1. The Morgan fingerprint density at radius 3 is 2.83 bits per heavy atom. The Balaban J connectivity index is 1.75. The minimum atomic E-state index is -0.290. The molecule has 1 aliphatic heterocycles. The Bertz CT molecular complexity index is 1210. The lowest BCUT2D eigenvalue weighted by atomic mass is 9.77. The summed E-state index contributed by atoms with van der Waals surface area (Å²) >= 11 is 3.45. The molecule has 0 radical (unpaired) electrons. The second-order valence-corrected chi connectivity index (χ2v) is 8.59. The van der Waals surface area contributed by atoms with Crippen LogP contribution in [0, 0.1) is 0 Å². The molecule has 0 aromatic heterocycles. The largest absolute Gasteiger partial charge is 0.503 e. The van der Waals surface area contributed by atoms with E-state index in [1.54, 1.807) is 0 Å². The number of rotatable bonds is 3. The molecule has 30 heavy (non-hydrogen) atoms. The van der Waals surface area contributed by atoms with E-state index in [9.17, 15) is 9.90 Å². The minimum Gasteiger partial charge on any atom is -0.503 e. The van der Waals surface area contributed by atoms with Crippen molar-refractivity contribution >= 4 is 43.7 Å². The molecule has 2 N–H and O–H groups in total. The molecular formula is C25H22BrNO3. The molecule has 0 unspecified atom stereocenters. The van der Waals surface area contributed by atoms with Gasteiger partial charge >= 0.3 is 0 Å². The zero-order valence-electron chi connectivity index (χ0n) is 16.7. The molecule has 3 aromatic carbocycles. The second kappa shape index (κ2) is 7.47. The second-order valence-electron chi connectivity index (χ2n) is 7.74. The van der Waals surface area contributed by atoms with Crippen molar-refractivity contribution in [3.05, 3.63) is 69.7 Å². The topological polar surface area (TPSA) is 58.6 Å². The summed E-state index contributed by atoms with van der Waals surface area (Å²) in [6.07, 6.45) is 2.33. The summed E-state index contributed by atoms with van der Waals surface area (Å²) in [5, 5.41) is 16.3. The number of halogens is 1. The molecule has 1 atom stereocenters. The highest BCUT2D eigenvalue weighted by molar-refractivity contribution is 9.10. The Morgan fingerprint density at radius 2 is 2.00 bits per heavy atom. The molecule has 0 amide bonds. The number of carbonyl (C=O) groups excluding carboxylic acids is 1. The van der Waals surface area contributed by atoms with Gasteiger partial charge in [0.1, 0.15) is 0 Å². The number of aromatic hydroxyl groups is 1. The monoisotopic (exact) mass is 463 g/mol. The summed E-state index contributed by atoms with van der Waals surface area (Å²) in [6.45, 7) is 2.33. The lowest BCUT2D eigenvalue weighted by Gasteiger charge is -2.35. The zero-order chi connectivity index (χ0) is 20.8. The standard InChI is InChI=1S/C25H22BrNO3/c1-2-30-21-13-15(12-19(26)25(21)29)23-22-17(8-5-9-20(22)28)18-11-10-14-6-3-4-7-16(14)24(18)27-23/h3-4,6-7,10-13,23,27,29H,2,5,8-9H2,1H3/t23-/m0/s1. The first-order chi connectivity index (χ1) is 14.6. The maximum atomic E-state index is 13.1. The van der Waals surface area contributed by atoms with Crippen LogP contribution >= 0.6 is 15.9 Å². The van der Waals surface area contributed by atoms with Crippen molar-refractivity contribution in [2.75, 3.05) is 11.9 Å². The fraction of sp³-hybridized carbons (Fsp3) is 0.240. The number of ketones is 1. The lowest BCUT2D eigenvalue weighted by Crippen LogP contribution is -2.27. The molecule has 1 heterocycles. The molecular weight excluding hydrogens is 442 g/mol. The summed E-state index contributed by atoms with van der Waals surface area (Å²) < 4.78 is 6.20. The van der Waals surface area contributed by atoms with Gasteiger partial charge in [-0.2, -0.15) is 0 Å². The van der Waals surface area contributed by atoms with Gasteiger partial charge in [-0.1, -0.05) is 36.4 Å². The van der Waals surface area contributed by atoms with Gasteiger partial charge in [0.15, 0.2) is 17.3 Å². The van der Waals surface area contributed by atoms with Crippen LogP contribution in [0.5, 0.6) is 11.5 Å². The number of phenolic OH excluding ortho intramolecular Hbond substituents is 1. The molecule has 152 valence electrons. The van der Waals surface area contributed by atoms with Crippen molar-refractivity contribution in [1.82, 2.24) is 0 Å². The third-order valence-corrected chi connectivity index (χ3v) is 6.58. The van der Waals surface area contributed by atoms with Gasteiger partial charge in [-0.25, -0.2) is 0 Å². The van der Waals surface area contributed by atoms with Crippen LogP contribution in [0.4, 0.5) is 5.69 Å². The van der Waals surface area contributed by atoms with E-state index >= 15 is 0 Å². The number of ether oxygens (including phenoxy) is 1. The van der Waals surface area contributed by atoms with Crippen LogP contribution < -0.4 is 10.1 Å². The van der Waals surface area contributed by atoms with Crippen molar-refractivity contribution in [2.45, 2.75) is 32.2 Å². The lowest BCUT2D eigenvalue weighted by molar-refractivity contribution is -0.116. The third kappa shape index (κ3) is 3.00. The number of phenols is 1. The molecule has 4 nitrogen and oxygen atoms in total. The molecule has 1 aliphatic carbocycles. The van der Waals surface area contributed by atoms with Crippen LogP contribution in [-0.2, 0) is 4.79 Å². The zero-order valence-corrected chi connectivity index (χ0v) is 18.3. The first kappa shape index (κ1) is 19.2. The van der Waals surface area contributed by atoms with Gasteiger partial charge in [0.25, 0.3) is 0 Å². The van der Waals surface area contributed by atoms with Crippen LogP contribution in [0.25, 0.3) is 16.3 Å². The maximum absolute atomic E-state index is 13.1. The van der Waals surface area contributed by atoms with Gasteiger partial charge in [-0.05, 0) is 64.4 Å². The number of anilines is 1. The average molecular weight is 464 g/mol. The van der Waals surface area contributed by atoms with E-state index in [0.717, 1.165) is 51.6 Å². The van der Waals surface area contributed by atoms with Gasteiger partial charge < -0.3 is 15.2 Å². The Hall–Kier alpha value is -2.79. The highest BCUT2D eigenvalue weighted by Gasteiger charge is 2.35. The normalized spacial score (nSPS) is 18.1. The van der Waals surface area contributed by atoms with Gasteiger partial charge in [-0.15, -0.1) is 0 Å². The SMILES string of the molecule is CCOc1cc([C@@H]2Nc3c(ccc4ccccc34)C3=C2C(=O)CCC3)cc(Br)c1O. The van der Waals surface area contributed by atoms with Crippen molar-refractivity contribution < 1.29 is 14.6 Å².